The number of piperidine rings is 1. The first-order valence-electron chi connectivity index (χ1n) is 11.9. The zero-order chi connectivity index (χ0) is 24.9. The van der Waals surface area contributed by atoms with Crippen molar-refractivity contribution in [3.8, 4) is 5.75 Å². The van der Waals surface area contributed by atoms with E-state index in [2.05, 4.69) is 16.3 Å². The number of Topliss-reactive ketones (excluding diaryl/α,β-unsaturated/α-hetero) is 1. The van der Waals surface area contributed by atoms with Crippen LogP contribution in [0.5, 0.6) is 5.75 Å². The van der Waals surface area contributed by atoms with E-state index in [4.69, 9.17) is 4.74 Å². The average Bonchev–Trinajstić information content (AvgIpc) is 2.88. The summed E-state index contributed by atoms with van der Waals surface area (Å²) in [6, 6.07) is 19.8. The first-order chi connectivity index (χ1) is 16.9. The molecule has 3 atom stereocenters. The maximum atomic E-state index is 15.1. The predicted octanol–water partition coefficient (Wildman–Crippen LogP) is 4.98. The number of nitrogens with one attached hydrogen (secondary N) is 1. The van der Waals surface area contributed by atoms with Gasteiger partial charge in [-0.15, -0.1) is 0 Å². The second-order valence-electron chi connectivity index (χ2n) is 9.09. The molecule has 3 aromatic carbocycles. The molecule has 1 radical (unpaired) electrons. The van der Waals surface area contributed by atoms with E-state index in [1.807, 2.05) is 13.1 Å². The number of ether oxygens (including phenoxy) is 1. The van der Waals surface area contributed by atoms with Crippen LogP contribution in [0.4, 0.5) is 8.78 Å². The van der Waals surface area contributed by atoms with Gasteiger partial charge in [-0.2, -0.15) is 0 Å². The summed E-state index contributed by atoms with van der Waals surface area (Å²) >= 11 is 0. The lowest BCUT2D eigenvalue weighted by atomic mass is 9.67. The van der Waals surface area contributed by atoms with Crippen LogP contribution in [0.2, 0.25) is 0 Å². The Morgan fingerprint density at radius 2 is 1.89 bits per heavy atom. The average molecular weight is 478 g/mol. The Bertz CT molecular complexity index is 1180. The summed E-state index contributed by atoms with van der Waals surface area (Å²) in [7, 11) is 3.44. The van der Waals surface area contributed by atoms with Gasteiger partial charge in [-0.3, -0.25) is 4.79 Å². The number of ketones is 1. The number of likely N-dealkylation sites (N-methyl/N-ethyl adjacent to an activating group) is 1. The van der Waals surface area contributed by atoms with Gasteiger partial charge in [0, 0.05) is 55.6 Å². The Kier molecular flexibility index (Phi) is 7.93. The van der Waals surface area contributed by atoms with Gasteiger partial charge >= 0.3 is 0 Å². The molecule has 0 bridgehead atoms. The van der Waals surface area contributed by atoms with Crippen molar-refractivity contribution in [3.05, 3.63) is 101 Å². The summed E-state index contributed by atoms with van der Waals surface area (Å²) < 4.78 is 35.2. The van der Waals surface area contributed by atoms with Crippen LogP contribution in [0.3, 0.4) is 0 Å². The molecule has 183 valence electrons. The van der Waals surface area contributed by atoms with Gasteiger partial charge in [0.25, 0.3) is 0 Å². The van der Waals surface area contributed by atoms with Crippen molar-refractivity contribution in [2.24, 2.45) is 5.92 Å². The molecule has 35 heavy (non-hydrogen) atoms. The number of benzene rings is 3. The smallest absolute Gasteiger partial charge is 0.167 e. The molecule has 0 saturated carbocycles. The molecular weight excluding hydrogens is 446 g/mol. The molecule has 1 aliphatic rings. The number of nitrogens with zero attached hydrogens (tertiary/aromatic N) is 1. The van der Waals surface area contributed by atoms with E-state index in [0.29, 0.717) is 42.1 Å². The molecule has 4 rings (SSSR count). The SMILES string of the molecule is CNCCN1C[C@H](C(=O)c2cccc(OC)c2)[C@H](c2cccc(F)c2C)[C@@H](c2ccc[c]c2F)C1. The number of halogens is 2. The molecule has 6 heteroatoms. The third kappa shape index (κ3) is 5.29. The lowest BCUT2D eigenvalue weighted by Gasteiger charge is -2.44. The quantitative estimate of drug-likeness (QED) is 0.465. The largest absolute Gasteiger partial charge is 0.497 e. The van der Waals surface area contributed by atoms with Crippen molar-refractivity contribution < 1.29 is 18.3 Å². The van der Waals surface area contributed by atoms with E-state index in [-0.39, 0.29) is 17.5 Å². The third-order valence-electron chi connectivity index (χ3n) is 7.05. The van der Waals surface area contributed by atoms with Gasteiger partial charge in [-0.05, 0) is 48.9 Å². The van der Waals surface area contributed by atoms with Gasteiger partial charge in [-0.1, -0.05) is 42.5 Å². The second-order valence-corrected chi connectivity index (χ2v) is 9.09. The van der Waals surface area contributed by atoms with Crippen LogP contribution in [-0.4, -0.2) is 51.0 Å². The lowest BCUT2D eigenvalue weighted by Crippen LogP contribution is -2.49. The first kappa shape index (κ1) is 25.0. The molecule has 1 saturated heterocycles. The molecule has 4 nitrogen and oxygen atoms in total. The molecule has 0 unspecified atom stereocenters. The van der Waals surface area contributed by atoms with Crippen molar-refractivity contribution in [2.45, 2.75) is 18.8 Å². The zero-order valence-electron chi connectivity index (χ0n) is 20.4. The molecule has 3 aromatic rings. The Morgan fingerprint density at radius 3 is 2.63 bits per heavy atom. The van der Waals surface area contributed by atoms with Crippen molar-refractivity contribution in [1.82, 2.24) is 10.2 Å². The minimum absolute atomic E-state index is 0.0583. The molecule has 0 aliphatic carbocycles. The van der Waals surface area contributed by atoms with Gasteiger partial charge in [0.2, 0.25) is 0 Å². The standard InChI is InChI=1S/C29H31F2N2O2/c1-19-22(11-7-13-26(19)30)28-24(23-10-4-5-12-27(23)31)17-33(15-14-32-2)18-25(28)29(34)20-8-6-9-21(16-20)35-3/h4-11,13,16,24-25,28,32H,14-15,17-18H2,1-3H3/t24-,25+,28-/m1/s1. The van der Waals surface area contributed by atoms with Crippen LogP contribution < -0.4 is 10.1 Å². The van der Waals surface area contributed by atoms with Crippen molar-refractivity contribution in [3.63, 3.8) is 0 Å². The molecule has 1 aliphatic heterocycles. The Hall–Kier alpha value is -3.09. The van der Waals surface area contributed by atoms with E-state index >= 15 is 4.39 Å². The van der Waals surface area contributed by atoms with Crippen molar-refractivity contribution in [1.29, 1.82) is 0 Å². The normalized spacial score (nSPS) is 20.5. The Labute approximate surface area is 205 Å². The fraction of sp³-hybridized carbons (Fsp3) is 0.345. The minimum atomic E-state index is -0.502. The zero-order valence-corrected chi connectivity index (χ0v) is 20.4. The topological polar surface area (TPSA) is 41.6 Å². The highest BCUT2D eigenvalue weighted by Gasteiger charge is 2.43. The summed E-state index contributed by atoms with van der Waals surface area (Å²) in [6.07, 6.45) is 0. The summed E-state index contributed by atoms with van der Waals surface area (Å²) in [5.74, 6) is -1.47. The first-order valence-corrected chi connectivity index (χ1v) is 11.9. The minimum Gasteiger partial charge on any atom is -0.497 e. The van der Waals surface area contributed by atoms with E-state index < -0.39 is 17.7 Å². The van der Waals surface area contributed by atoms with Crippen LogP contribution in [0.25, 0.3) is 0 Å². The number of methoxy groups -OCH3 is 1. The van der Waals surface area contributed by atoms with Crippen LogP contribution in [0, 0.1) is 30.5 Å². The maximum Gasteiger partial charge on any atom is 0.167 e. The highest BCUT2D eigenvalue weighted by molar-refractivity contribution is 5.99. The highest BCUT2D eigenvalue weighted by atomic mass is 19.1. The molecule has 0 spiro atoms. The second kappa shape index (κ2) is 11.1. The van der Waals surface area contributed by atoms with Gasteiger partial charge < -0.3 is 15.0 Å². The lowest BCUT2D eigenvalue weighted by molar-refractivity contribution is 0.0739. The van der Waals surface area contributed by atoms with Crippen LogP contribution in [0.15, 0.2) is 60.7 Å². The number of carbonyl (C=O) groups is 1. The monoisotopic (exact) mass is 477 g/mol. The molecule has 1 fully saturated rings. The highest BCUT2D eigenvalue weighted by Crippen LogP contribution is 2.46. The fourth-order valence-electron chi connectivity index (χ4n) is 5.25. The van der Waals surface area contributed by atoms with E-state index in [0.717, 1.165) is 12.1 Å². The molecule has 0 aromatic heterocycles. The van der Waals surface area contributed by atoms with Gasteiger partial charge in [0.05, 0.1) is 7.11 Å². The van der Waals surface area contributed by atoms with Crippen molar-refractivity contribution >= 4 is 5.78 Å². The predicted molar refractivity (Wildman–Crippen MR) is 133 cm³/mol. The van der Waals surface area contributed by atoms with Crippen LogP contribution >= 0.6 is 0 Å². The molecule has 0 amide bonds. The molecular formula is C29H31F2N2O2. The molecule has 1 heterocycles. The summed E-state index contributed by atoms with van der Waals surface area (Å²) in [6.45, 7) is 4.23. The third-order valence-corrected chi connectivity index (χ3v) is 7.05. The fourth-order valence-corrected chi connectivity index (χ4v) is 5.25. The van der Waals surface area contributed by atoms with E-state index in [9.17, 15) is 9.18 Å². The molecule has 1 N–H and O–H groups in total. The number of carbonyl (C=O) groups excluding carboxylic acids is 1. The van der Waals surface area contributed by atoms with Gasteiger partial charge in [0.15, 0.2) is 5.78 Å². The number of rotatable bonds is 8. The summed E-state index contributed by atoms with van der Waals surface area (Å²) in [5, 5.41) is 3.16. The van der Waals surface area contributed by atoms with E-state index in [1.54, 1.807) is 62.6 Å². The summed E-state index contributed by atoms with van der Waals surface area (Å²) in [5.41, 5.74) is 2.27. The Morgan fingerprint density at radius 1 is 1.11 bits per heavy atom. The summed E-state index contributed by atoms with van der Waals surface area (Å²) in [4.78, 5) is 16.2. The van der Waals surface area contributed by atoms with Crippen LogP contribution in [-0.2, 0) is 0 Å². The van der Waals surface area contributed by atoms with E-state index in [1.165, 1.54) is 6.07 Å². The number of hydrogen-bond acceptors (Lipinski definition) is 4. The maximum absolute atomic E-state index is 15.1. The van der Waals surface area contributed by atoms with Crippen molar-refractivity contribution in [2.75, 3.05) is 40.3 Å². The Balaban J connectivity index is 1.87. The van der Waals surface area contributed by atoms with Gasteiger partial charge in [-0.25, -0.2) is 8.78 Å². The number of hydrogen-bond donors (Lipinski definition) is 1. The van der Waals surface area contributed by atoms with Gasteiger partial charge in [0.1, 0.15) is 17.4 Å². The van der Waals surface area contributed by atoms with Crippen LogP contribution in [0.1, 0.15) is 38.9 Å². The number of likely N-dealkylation sites (tertiary alicyclic amines) is 1.